The fourth-order valence-corrected chi connectivity index (χ4v) is 5.20. The number of hydrogen-bond acceptors (Lipinski definition) is 6. The highest BCUT2D eigenvalue weighted by Gasteiger charge is 2.48. The Morgan fingerprint density at radius 3 is 2.21 bits per heavy atom. The number of esters is 1. The van der Waals surface area contributed by atoms with Crippen molar-refractivity contribution in [2.45, 2.75) is 48.8 Å². The van der Waals surface area contributed by atoms with Crippen molar-refractivity contribution in [3.8, 4) is 0 Å². The van der Waals surface area contributed by atoms with E-state index in [1.807, 2.05) is 30.3 Å². The van der Waals surface area contributed by atoms with Crippen LogP contribution in [0.15, 0.2) is 83.8 Å². The van der Waals surface area contributed by atoms with Crippen LogP contribution in [0, 0.1) is 6.92 Å². The molecule has 3 aromatic rings. The van der Waals surface area contributed by atoms with Crippen molar-refractivity contribution in [2.24, 2.45) is 0 Å². The quantitative estimate of drug-likeness (QED) is 0.489. The normalized spacial score (nSPS) is 24.3. The third-order valence-electron chi connectivity index (χ3n) is 5.91. The molecule has 0 radical (unpaired) electrons. The average Bonchev–Trinajstić information content (AvgIpc) is 3.15. The van der Waals surface area contributed by atoms with E-state index in [9.17, 15) is 4.79 Å². The minimum absolute atomic E-state index is 0.102. The molecule has 0 bridgehead atoms. The molecule has 1 fully saturated rings. The number of ether oxygens (including phenoxy) is 4. The number of carbonyl (C=O) groups is 1. The molecule has 0 saturated carbocycles. The minimum atomic E-state index is -0.420. The van der Waals surface area contributed by atoms with Crippen LogP contribution in [-0.4, -0.2) is 36.3 Å². The highest BCUT2D eigenvalue weighted by atomic mass is 32.2. The first-order valence-corrected chi connectivity index (χ1v) is 12.0. The number of benzene rings is 3. The van der Waals surface area contributed by atoms with E-state index in [0.29, 0.717) is 18.8 Å². The van der Waals surface area contributed by atoms with E-state index in [0.717, 1.165) is 16.0 Å². The van der Waals surface area contributed by atoms with Gasteiger partial charge in [0.05, 0.1) is 18.8 Å². The van der Waals surface area contributed by atoms with E-state index in [1.165, 1.54) is 5.56 Å². The molecular weight excluding hydrogens is 436 g/mol. The number of hydrogen-bond donors (Lipinski definition) is 0. The SMILES string of the molecule is Cc1ccc(S[C@H]2O[C@H](COC(=O)c3ccccc3)[C@H]3OCc4ccccc4CO[C@@H]32)cc1. The zero-order valence-corrected chi connectivity index (χ0v) is 19.2. The lowest BCUT2D eigenvalue weighted by atomic mass is 10.1. The summed E-state index contributed by atoms with van der Waals surface area (Å²) in [6.45, 7) is 3.13. The van der Waals surface area contributed by atoms with Gasteiger partial charge in [-0.3, -0.25) is 0 Å². The fourth-order valence-electron chi connectivity index (χ4n) is 4.08. The smallest absolute Gasteiger partial charge is 0.338 e. The van der Waals surface area contributed by atoms with E-state index in [4.69, 9.17) is 18.9 Å². The number of rotatable bonds is 5. The highest BCUT2D eigenvalue weighted by Crippen LogP contribution is 2.39. The number of thioether (sulfide) groups is 1. The maximum absolute atomic E-state index is 12.5. The number of carbonyl (C=O) groups excluding carboxylic acids is 1. The van der Waals surface area contributed by atoms with Gasteiger partial charge in [0.1, 0.15) is 30.4 Å². The van der Waals surface area contributed by atoms with E-state index >= 15 is 0 Å². The van der Waals surface area contributed by atoms with Crippen molar-refractivity contribution in [1.82, 2.24) is 0 Å². The van der Waals surface area contributed by atoms with Gasteiger partial charge in [0.15, 0.2) is 0 Å². The Morgan fingerprint density at radius 1 is 0.879 bits per heavy atom. The first kappa shape index (κ1) is 22.2. The largest absolute Gasteiger partial charge is 0.459 e. The molecule has 0 aliphatic carbocycles. The van der Waals surface area contributed by atoms with Gasteiger partial charge in [0.25, 0.3) is 0 Å². The van der Waals surface area contributed by atoms with E-state index in [-0.39, 0.29) is 30.2 Å². The molecule has 2 aliphatic rings. The van der Waals surface area contributed by atoms with Crippen LogP contribution in [0.3, 0.4) is 0 Å². The van der Waals surface area contributed by atoms with Crippen LogP contribution in [0.2, 0.25) is 0 Å². The van der Waals surface area contributed by atoms with E-state index in [1.54, 1.807) is 23.9 Å². The van der Waals surface area contributed by atoms with E-state index in [2.05, 4.69) is 43.3 Å². The summed E-state index contributed by atoms with van der Waals surface area (Å²) in [6.07, 6.45) is -1.05. The van der Waals surface area contributed by atoms with Crippen LogP contribution in [0.25, 0.3) is 0 Å². The summed E-state index contributed by atoms with van der Waals surface area (Å²) in [6, 6.07) is 25.4. The van der Waals surface area contributed by atoms with Gasteiger partial charge >= 0.3 is 5.97 Å². The predicted octanol–water partition coefficient (Wildman–Crippen LogP) is 5.15. The highest BCUT2D eigenvalue weighted by molar-refractivity contribution is 7.99. The van der Waals surface area contributed by atoms with Gasteiger partial charge in [0.2, 0.25) is 0 Å². The standard InChI is InChI=1S/C27H26O5S/c1-18-11-13-22(14-12-18)33-27-25-24(29-15-20-9-5-6-10-21(20)16-30-25)23(32-27)17-31-26(28)19-7-3-2-4-8-19/h2-14,23-25,27H,15-17H2,1H3/t23-,24-,25+,27-/m1/s1. The Kier molecular flexibility index (Phi) is 6.78. The van der Waals surface area contributed by atoms with Crippen LogP contribution in [0.5, 0.6) is 0 Å². The fraction of sp³-hybridized carbons (Fsp3) is 0.296. The van der Waals surface area contributed by atoms with Crippen molar-refractivity contribution >= 4 is 17.7 Å². The Bertz CT molecular complexity index is 1090. The third kappa shape index (κ3) is 5.14. The summed E-state index contributed by atoms with van der Waals surface area (Å²) in [5.41, 5.74) is 3.67. The van der Waals surface area contributed by atoms with Gasteiger partial charge in [-0.25, -0.2) is 4.79 Å². The van der Waals surface area contributed by atoms with Crippen LogP contribution in [0.4, 0.5) is 0 Å². The van der Waals surface area contributed by atoms with Crippen molar-refractivity contribution in [2.75, 3.05) is 6.61 Å². The summed E-state index contributed by atoms with van der Waals surface area (Å²) >= 11 is 1.61. The lowest BCUT2D eigenvalue weighted by Gasteiger charge is -2.28. The average molecular weight is 463 g/mol. The first-order chi connectivity index (χ1) is 16.2. The molecular formula is C27H26O5S. The molecule has 6 heteroatoms. The second-order valence-corrected chi connectivity index (χ2v) is 9.43. The van der Waals surface area contributed by atoms with E-state index < -0.39 is 6.10 Å². The molecule has 33 heavy (non-hydrogen) atoms. The van der Waals surface area contributed by atoms with Gasteiger partial charge in [-0.2, -0.15) is 0 Å². The molecule has 3 aromatic carbocycles. The Morgan fingerprint density at radius 2 is 1.52 bits per heavy atom. The van der Waals surface area contributed by atoms with Crippen LogP contribution in [-0.2, 0) is 32.2 Å². The van der Waals surface area contributed by atoms with Gasteiger partial charge < -0.3 is 18.9 Å². The molecule has 0 spiro atoms. The first-order valence-electron chi connectivity index (χ1n) is 11.1. The molecule has 2 heterocycles. The van der Waals surface area contributed by atoms with Gasteiger partial charge in [-0.05, 0) is 42.3 Å². The summed E-state index contributed by atoms with van der Waals surface area (Å²) in [5.74, 6) is -0.373. The Hall–Kier alpha value is -2.64. The van der Waals surface area contributed by atoms with Crippen LogP contribution >= 0.6 is 11.8 Å². The molecule has 170 valence electrons. The molecule has 0 amide bonds. The van der Waals surface area contributed by atoms with Crippen molar-refractivity contribution in [3.05, 3.63) is 101 Å². The lowest BCUT2D eigenvalue weighted by molar-refractivity contribution is -0.0903. The third-order valence-corrected chi connectivity index (χ3v) is 7.07. The summed E-state index contributed by atoms with van der Waals surface area (Å²) in [4.78, 5) is 13.6. The summed E-state index contributed by atoms with van der Waals surface area (Å²) < 4.78 is 24.7. The van der Waals surface area contributed by atoms with Gasteiger partial charge in [-0.15, -0.1) is 0 Å². The van der Waals surface area contributed by atoms with Gasteiger partial charge in [-0.1, -0.05) is 71.9 Å². The minimum Gasteiger partial charge on any atom is -0.459 e. The summed E-state index contributed by atoms with van der Waals surface area (Å²) in [7, 11) is 0. The van der Waals surface area contributed by atoms with Crippen molar-refractivity contribution < 1.29 is 23.7 Å². The number of aryl methyl sites for hydroxylation is 1. The second kappa shape index (κ2) is 10.1. The lowest BCUT2D eigenvalue weighted by Crippen LogP contribution is -2.40. The molecule has 2 aliphatic heterocycles. The molecule has 0 unspecified atom stereocenters. The topological polar surface area (TPSA) is 54.0 Å². The number of fused-ring (bicyclic) bond motifs is 2. The maximum atomic E-state index is 12.5. The predicted molar refractivity (Wildman–Crippen MR) is 126 cm³/mol. The molecule has 5 rings (SSSR count). The zero-order chi connectivity index (χ0) is 22.6. The molecule has 0 N–H and O–H groups in total. The van der Waals surface area contributed by atoms with Crippen molar-refractivity contribution in [1.29, 1.82) is 0 Å². The molecule has 0 aromatic heterocycles. The van der Waals surface area contributed by atoms with Crippen LogP contribution < -0.4 is 0 Å². The second-order valence-electron chi connectivity index (χ2n) is 8.26. The maximum Gasteiger partial charge on any atom is 0.338 e. The monoisotopic (exact) mass is 462 g/mol. The van der Waals surface area contributed by atoms with Crippen LogP contribution in [0.1, 0.15) is 27.0 Å². The molecule has 5 nitrogen and oxygen atoms in total. The Labute approximate surface area is 198 Å². The zero-order valence-electron chi connectivity index (χ0n) is 18.4. The van der Waals surface area contributed by atoms with Crippen molar-refractivity contribution in [3.63, 3.8) is 0 Å². The Balaban J connectivity index is 1.34. The summed E-state index contributed by atoms with van der Waals surface area (Å²) in [5, 5.41) is 0. The molecule has 4 atom stereocenters. The molecule has 1 saturated heterocycles. The van der Waals surface area contributed by atoms with Gasteiger partial charge in [0, 0.05) is 4.90 Å².